The fraction of sp³-hybridized carbons (Fsp3) is 0.471. The number of carbonyl (C=O) groups is 3. The third kappa shape index (κ3) is 5.38. The van der Waals surface area contributed by atoms with E-state index in [0.717, 1.165) is 25.7 Å². The maximum atomic E-state index is 12.2. The molecule has 0 aliphatic heterocycles. The summed E-state index contributed by atoms with van der Waals surface area (Å²) in [7, 11) is -1.36. The molecule has 7 nitrogen and oxygen atoms in total. The van der Waals surface area contributed by atoms with Crippen LogP contribution in [-0.4, -0.2) is 40.5 Å². The van der Waals surface area contributed by atoms with Crippen LogP contribution in [0, 0.1) is 0 Å². The Hall–Kier alpha value is -2.22. The van der Waals surface area contributed by atoms with E-state index in [4.69, 9.17) is 4.74 Å². The highest BCUT2D eigenvalue weighted by molar-refractivity contribution is 7.84. The molecule has 136 valence electrons. The van der Waals surface area contributed by atoms with Gasteiger partial charge in [0, 0.05) is 12.3 Å². The maximum Gasteiger partial charge on any atom is 0.340 e. The topological polar surface area (TPSA) is 102 Å². The lowest BCUT2D eigenvalue weighted by Gasteiger charge is -2.16. The molecule has 0 heterocycles. The van der Waals surface area contributed by atoms with Crippen LogP contribution in [0.1, 0.15) is 43.0 Å². The molecule has 1 aliphatic rings. The van der Waals surface area contributed by atoms with Crippen molar-refractivity contribution in [3.8, 4) is 0 Å². The molecule has 0 saturated heterocycles. The Labute approximate surface area is 149 Å². The van der Waals surface area contributed by atoms with Gasteiger partial charge < -0.3 is 10.1 Å². The van der Waals surface area contributed by atoms with Crippen LogP contribution in [-0.2, 0) is 20.3 Å². The first-order valence-corrected chi connectivity index (χ1v) is 9.69. The van der Waals surface area contributed by atoms with Gasteiger partial charge in [-0.2, -0.15) is 0 Å². The van der Waals surface area contributed by atoms with E-state index in [0.29, 0.717) is 4.90 Å². The van der Waals surface area contributed by atoms with Gasteiger partial charge in [-0.15, -0.1) is 0 Å². The quantitative estimate of drug-likeness (QED) is 0.773. The molecule has 1 saturated carbocycles. The summed E-state index contributed by atoms with van der Waals surface area (Å²) in [6.45, 7) is 1.38. The number of imide groups is 1. The number of urea groups is 1. The Bertz CT molecular complexity index is 685. The summed E-state index contributed by atoms with van der Waals surface area (Å²) in [5.74, 6) is -1.47. The zero-order valence-corrected chi connectivity index (χ0v) is 15.1. The van der Waals surface area contributed by atoms with Gasteiger partial charge in [0.2, 0.25) is 0 Å². The smallest absolute Gasteiger partial charge is 0.340 e. The summed E-state index contributed by atoms with van der Waals surface area (Å²) < 4.78 is 16.8. The van der Waals surface area contributed by atoms with Crippen LogP contribution in [0.3, 0.4) is 0 Å². The average molecular weight is 366 g/mol. The normalized spacial score (nSPS) is 16.7. The van der Waals surface area contributed by atoms with E-state index in [-0.39, 0.29) is 11.6 Å². The average Bonchev–Trinajstić information content (AvgIpc) is 3.07. The van der Waals surface area contributed by atoms with Crippen LogP contribution in [0.2, 0.25) is 0 Å². The molecule has 0 bridgehead atoms. The minimum atomic E-state index is -1.36. The second-order valence-electron chi connectivity index (χ2n) is 5.94. The highest BCUT2D eigenvalue weighted by Crippen LogP contribution is 2.17. The van der Waals surface area contributed by atoms with Crippen molar-refractivity contribution < 1.29 is 23.3 Å². The van der Waals surface area contributed by atoms with E-state index in [2.05, 4.69) is 10.6 Å². The van der Waals surface area contributed by atoms with E-state index in [1.807, 2.05) is 0 Å². The SMILES string of the molecule is C[C@@H](OC(=O)c1ccccc1[S@@](C)=O)C(=O)NC(=O)NC1CCCC1. The molecule has 3 amide bonds. The first-order valence-electron chi connectivity index (χ1n) is 8.13. The van der Waals surface area contributed by atoms with Crippen molar-refractivity contribution in [2.75, 3.05) is 6.26 Å². The fourth-order valence-corrected chi connectivity index (χ4v) is 3.40. The summed E-state index contributed by atoms with van der Waals surface area (Å²) in [5.41, 5.74) is 0.137. The number of esters is 1. The first-order chi connectivity index (χ1) is 11.9. The van der Waals surface area contributed by atoms with Gasteiger partial charge in [0.15, 0.2) is 6.10 Å². The monoisotopic (exact) mass is 366 g/mol. The summed E-state index contributed by atoms with van der Waals surface area (Å²) >= 11 is 0. The molecule has 8 heteroatoms. The lowest BCUT2D eigenvalue weighted by atomic mass is 10.2. The molecule has 1 aliphatic carbocycles. The van der Waals surface area contributed by atoms with E-state index in [1.54, 1.807) is 18.2 Å². The Morgan fingerprint density at radius 3 is 2.48 bits per heavy atom. The molecule has 25 heavy (non-hydrogen) atoms. The summed E-state index contributed by atoms with van der Waals surface area (Å²) in [6.07, 6.45) is 4.22. The molecule has 0 radical (unpaired) electrons. The standard InChI is InChI=1S/C17H22N2O5S/c1-11(15(20)19-17(22)18-12-7-3-4-8-12)24-16(21)13-9-5-6-10-14(13)25(2)23/h5-6,9-12H,3-4,7-8H2,1-2H3,(H2,18,19,20,22)/t11-,25-/m1/s1. The van der Waals surface area contributed by atoms with Gasteiger partial charge in [0.25, 0.3) is 5.91 Å². The van der Waals surface area contributed by atoms with Crippen molar-refractivity contribution in [2.24, 2.45) is 0 Å². The highest BCUT2D eigenvalue weighted by Gasteiger charge is 2.24. The van der Waals surface area contributed by atoms with Gasteiger partial charge in [0.1, 0.15) is 0 Å². The zero-order valence-electron chi connectivity index (χ0n) is 14.2. The van der Waals surface area contributed by atoms with Crippen LogP contribution in [0.15, 0.2) is 29.2 Å². The molecular formula is C17H22N2O5S. The van der Waals surface area contributed by atoms with Gasteiger partial charge in [-0.25, -0.2) is 9.59 Å². The van der Waals surface area contributed by atoms with E-state index >= 15 is 0 Å². The molecule has 1 aromatic carbocycles. The molecule has 0 spiro atoms. The number of hydrogen-bond acceptors (Lipinski definition) is 5. The second-order valence-corrected chi connectivity index (χ2v) is 7.29. The number of benzene rings is 1. The Balaban J connectivity index is 1.91. The molecule has 2 atom stereocenters. The molecule has 0 aromatic heterocycles. The number of nitrogens with one attached hydrogen (secondary N) is 2. The van der Waals surface area contributed by atoms with Crippen molar-refractivity contribution in [3.63, 3.8) is 0 Å². The van der Waals surface area contributed by atoms with Gasteiger partial charge >= 0.3 is 12.0 Å². The van der Waals surface area contributed by atoms with Crippen molar-refractivity contribution in [3.05, 3.63) is 29.8 Å². The lowest BCUT2D eigenvalue weighted by Crippen LogP contribution is -2.47. The summed E-state index contributed by atoms with van der Waals surface area (Å²) in [6, 6.07) is 5.82. The van der Waals surface area contributed by atoms with Crippen LogP contribution in [0.25, 0.3) is 0 Å². The number of carbonyl (C=O) groups excluding carboxylic acids is 3. The molecule has 2 rings (SSSR count). The van der Waals surface area contributed by atoms with Crippen molar-refractivity contribution in [2.45, 2.75) is 49.6 Å². The van der Waals surface area contributed by atoms with Crippen molar-refractivity contribution in [1.82, 2.24) is 10.6 Å². The third-order valence-corrected chi connectivity index (χ3v) is 4.97. The number of amides is 3. The zero-order chi connectivity index (χ0) is 18.4. The molecular weight excluding hydrogens is 344 g/mol. The first kappa shape index (κ1) is 19.1. The minimum absolute atomic E-state index is 0.0806. The number of rotatable bonds is 5. The van der Waals surface area contributed by atoms with E-state index in [1.165, 1.54) is 19.2 Å². The van der Waals surface area contributed by atoms with Gasteiger partial charge in [-0.3, -0.25) is 14.3 Å². The Morgan fingerprint density at radius 2 is 1.84 bits per heavy atom. The Kier molecular flexibility index (Phi) is 6.69. The largest absolute Gasteiger partial charge is 0.449 e. The van der Waals surface area contributed by atoms with Crippen molar-refractivity contribution in [1.29, 1.82) is 0 Å². The number of hydrogen-bond donors (Lipinski definition) is 2. The molecule has 2 N–H and O–H groups in total. The van der Waals surface area contributed by atoms with Crippen LogP contribution < -0.4 is 10.6 Å². The van der Waals surface area contributed by atoms with Gasteiger partial charge in [0.05, 0.1) is 21.3 Å². The second kappa shape index (κ2) is 8.75. The van der Waals surface area contributed by atoms with Crippen molar-refractivity contribution >= 4 is 28.7 Å². The third-order valence-electron chi connectivity index (χ3n) is 4.00. The van der Waals surface area contributed by atoms with E-state index in [9.17, 15) is 18.6 Å². The molecule has 1 fully saturated rings. The minimum Gasteiger partial charge on any atom is -0.449 e. The van der Waals surface area contributed by atoms with Crippen LogP contribution in [0.5, 0.6) is 0 Å². The van der Waals surface area contributed by atoms with Crippen LogP contribution >= 0.6 is 0 Å². The summed E-state index contributed by atoms with van der Waals surface area (Å²) in [4.78, 5) is 36.3. The number of ether oxygens (including phenoxy) is 1. The predicted molar refractivity (Wildman–Crippen MR) is 92.6 cm³/mol. The Morgan fingerprint density at radius 1 is 1.20 bits per heavy atom. The fourth-order valence-electron chi connectivity index (χ4n) is 2.67. The summed E-state index contributed by atoms with van der Waals surface area (Å²) in [5, 5.41) is 4.90. The highest BCUT2D eigenvalue weighted by atomic mass is 32.2. The predicted octanol–water partition coefficient (Wildman–Crippen LogP) is 1.74. The van der Waals surface area contributed by atoms with E-state index < -0.39 is 34.8 Å². The molecule has 1 aromatic rings. The maximum absolute atomic E-state index is 12.2. The van der Waals surface area contributed by atoms with Gasteiger partial charge in [-0.1, -0.05) is 25.0 Å². The lowest BCUT2D eigenvalue weighted by molar-refractivity contribution is -0.127. The van der Waals surface area contributed by atoms with Crippen LogP contribution in [0.4, 0.5) is 4.79 Å². The molecule has 0 unspecified atom stereocenters. The van der Waals surface area contributed by atoms with Gasteiger partial charge in [-0.05, 0) is 31.9 Å².